The van der Waals surface area contributed by atoms with Crippen molar-refractivity contribution in [2.45, 2.75) is 38.3 Å². The van der Waals surface area contributed by atoms with Gasteiger partial charge in [0, 0.05) is 30.9 Å². The van der Waals surface area contributed by atoms with Crippen LogP contribution in [0.5, 0.6) is 0 Å². The van der Waals surface area contributed by atoms with Crippen molar-refractivity contribution in [3.63, 3.8) is 0 Å². The second kappa shape index (κ2) is 4.10. The first kappa shape index (κ1) is 10.2. The summed E-state index contributed by atoms with van der Waals surface area (Å²) < 4.78 is 0. The van der Waals surface area contributed by atoms with Crippen molar-refractivity contribution in [2.24, 2.45) is 0 Å². The molecule has 0 radical (unpaired) electrons. The minimum atomic E-state index is 0.732. The van der Waals surface area contributed by atoms with Gasteiger partial charge in [-0.3, -0.25) is 0 Å². The van der Waals surface area contributed by atoms with Crippen LogP contribution in [0.4, 0.5) is 5.69 Å². The summed E-state index contributed by atoms with van der Waals surface area (Å²) in [5.41, 5.74) is 2.76. The van der Waals surface area contributed by atoms with Gasteiger partial charge in [0.25, 0.3) is 0 Å². The van der Waals surface area contributed by atoms with Crippen molar-refractivity contribution in [3.05, 3.63) is 29.8 Å². The maximum atomic E-state index is 3.65. The number of fused-ring (bicyclic) bond motifs is 1. The van der Waals surface area contributed by atoms with E-state index in [0.29, 0.717) is 0 Å². The lowest BCUT2D eigenvalue weighted by Gasteiger charge is -2.40. The van der Waals surface area contributed by atoms with Crippen LogP contribution in [0, 0.1) is 6.92 Å². The summed E-state index contributed by atoms with van der Waals surface area (Å²) in [6.07, 6.45) is 4.09. The smallest absolute Gasteiger partial charge is 0.0443 e. The molecule has 1 aliphatic heterocycles. The third-order valence-corrected chi connectivity index (χ3v) is 4.00. The number of hydrogen-bond acceptors (Lipinski definition) is 2. The molecule has 2 heteroatoms. The van der Waals surface area contributed by atoms with Crippen molar-refractivity contribution in [1.29, 1.82) is 0 Å². The molecule has 1 heterocycles. The van der Waals surface area contributed by atoms with E-state index in [1.165, 1.54) is 30.5 Å². The molecule has 0 unspecified atom stereocenters. The van der Waals surface area contributed by atoms with Crippen LogP contribution in [-0.2, 0) is 0 Å². The van der Waals surface area contributed by atoms with E-state index in [1.807, 2.05) is 0 Å². The molecule has 0 bridgehead atoms. The number of anilines is 1. The maximum Gasteiger partial charge on any atom is 0.0443 e. The number of rotatable bonds is 1. The highest BCUT2D eigenvalue weighted by atomic mass is 15.2. The zero-order chi connectivity index (χ0) is 11.0. The summed E-state index contributed by atoms with van der Waals surface area (Å²) in [6.45, 7) is 4.44. The van der Waals surface area contributed by atoms with Gasteiger partial charge in [0.15, 0.2) is 0 Å². The van der Waals surface area contributed by atoms with Crippen LogP contribution in [0.15, 0.2) is 24.3 Å². The highest BCUT2D eigenvalue weighted by Gasteiger charge is 2.34. The highest BCUT2D eigenvalue weighted by Crippen LogP contribution is 2.30. The summed E-state index contributed by atoms with van der Waals surface area (Å²) in [6, 6.07) is 10.5. The average molecular weight is 216 g/mol. The molecule has 3 rings (SSSR count). The number of nitrogens with one attached hydrogen (secondary N) is 1. The monoisotopic (exact) mass is 216 g/mol. The topological polar surface area (TPSA) is 15.3 Å². The second-order valence-electron chi connectivity index (χ2n) is 5.09. The Labute approximate surface area is 97.6 Å². The van der Waals surface area contributed by atoms with Gasteiger partial charge < -0.3 is 10.2 Å². The number of benzene rings is 1. The molecule has 86 valence electrons. The van der Waals surface area contributed by atoms with Crippen LogP contribution < -0.4 is 10.2 Å². The van der Waals surface area contributed by atoms with Crippen LogP contribution in [0.3, 0.4) is 0 Å². The van der Waals surface area contributed by atoms with E-state index in [0.717, 1.165) is 25.2 Å². The molecular weight excluding hydrogens is 196 g/mol. The molecular formula is C14H20N2. The fourth-order valence-electron chi connectivity index (χ4n) is 3.14. The van der Waals surface area contributed by atoms with Crippen LogP contribution >= 0.6 is 0 Å². The zero-order valence-electron chi connectivity index (χ0n) is 9.95. The van der Waals surface area contributed by atoms with Gasteiger partial charge in [-0.05, 0) is 38.3 Å². The quantitative estimate of drug-likeness (QED) is 0.775. The van der Waals surface area contributed by atoms with Gasteiger partial charge in [-0.15, -0.1) is 0 Å². The summed E-state index contributed by atoms with van der Waals surface area (Å²) in [5.74, 6) is 0. The number of aryl methyl sites for hydroxylation is 1. The average Bonchev–Trinajstić information content (AvgIpc) is 2.78. The predicted octanol–water partition coefficient (Wildman–Crippen LogP) is 2.33. The lowest BCUT2D eigenvalue weighted by Crippen LogP contribution is -2.55. The van der Waals surface area contributed by atoms with Crippen molar-refractivity contribution in [2.75, 3.05) is 18.0 Å². The molecule has 1 saturated heterocycles. The fourth-order valence-corrected chi connectivity index (χ4v) is 3.14. The first-order chi connectivity index (χ1) is 7.84. The third-order valence-electron chi connectivity index (χ3n) is 4.00. The maximum absolute atomic E-state index is 3.65. The van der Waals surface area contributed by atoms with Crippen molar-refractivity contribution >= 4 is 5.69 Å². The first-order valence-corrected chi connectivity index (χ1v) is 6.41. The van der Waals surface area contributed by atoms with E-state index in [2.05, 4.69) is 41.4 Å². The minimum Gasteiger partial charge on any atom is -0.366 e. The van der Waals surface area contributed by atoms with Gasteiger partial charge in [-0.1, -0.05) is 17.7 Å². The zero-order valence-corrected chi connectivity index (χ0v) is 9.95. The Hall–Kier alpha value is -1.02. The molecule has 0 aromatic heterocycles. The fraction of sp³-hybridized carbons (Fsp3) is 0.571. The van der Waals surface area contributed by atoms with Gasteiger partial charge in [0.1, 0.15) is 0 Å². The van der Waals surface area contributed by atoms with Crippen molar-refractivity contribution < 1.29 is 0 Å². The van der Waals surface area contributed by atoms with Crippen molar-refractivity contribution in [3.8, 4) is 0 Å². The van der Waals surface area contributed by atoms with Gasteiger partial charge >= 0.3 is 0 Å². The van der Waals surface area contributed by atoms with Gasteiger partial charge in [-0.25, -0.2) is 0 Å². The van der Waals surface area contributed by atoms with Crippen molar-refractivity contribution in [1.82, 2.24) is 5.32 Å². The van der Waals surface area contributed by atoms with E-state index in [-0.39, 0.29) is 0 Å². The van der Waals surface area contributed by atoms with E-state index >= 15 is 0 Å². The Bertz CT molecular complexity index is 358. The van der Waals surface area contributed by atoms with Gasteiger partial charge in [-0.2, -0.15) is 0 Å². The molecule has 2 atom stereocenters. The molecule has 1 aromatic carbocycles. The van der Waals surface area contributed by atoms with Gasteiger partial charge in [0.05, 0.1) is 0 Å². The Morgan fingerprint density at radius 2 is 2.00 bits per heavy atom. The molecule has 2 fully saturated rings. The van der Waals surface area contributed by atoms with Crippen LogP contribution in [-0.4, -0.2) is 25.2 Å². The summed E-state index contributed by atoms with van der Waals surface area (Å²) in [7, 11) is 0. The molecule has 1 saturated carbocycles. The molecule has 1 N–H and O–H groups in total. The molecule has 2 nitrogen and oxygen atoms in total. The highest BCUT2D eigenvalue weighted by molar-refractivity contribution is 5.49. The SMILES string of the molecule is Cc1ccc(N2CCN[C@@H]3CCC[C@@H]32)cc1. The van der Waals surface area contributed by atoms with Gasteiger partial charge in [0.2, 0.25) is 0 Å². The van der Waals surface area contributed by atoms with E-state index in [1.54, 1.807) is 0 Å². The summed E-state index contributed by atoms with van der Waals surface area (Å²) in [5, 5.41) is 3.65. The molecule has 1 aliphatic carbocycles. The summed E-state index contributed by atoms with van der Waals surface area (Å²) in [4.78, 5) is 2.60. The molecule has 2 aliphatic rings. The largest absolute Gasteiger partial charge is 0.366 e. The minimum absolute atomic E-state index is 0.732. The van der Waals surface area contributed by atoms with E-state index < -0.39 is 0 Å². The van der Waals surface area contributed by atoms with Crippen LogP contribution in [0.25, 0.3) is 0 Å². The summed E-state index contributed by atoms with van der Waals surface area (Å²) >= 11 is 0. The Balaban J connectivity index is 1.85. The lowest BCUT2D eigenvalue weighted by molar-refractivity contribution is 0.404. The molecule has 0 spiro atoms. The Kier molecular flexibility index (Phi) is 2.60. The molecule has 16 heavy (non-hydrogen) atoms. The van der Waals surface area contributed by atoms with E-state index in [4.69, 9.17) is 0 Å². The third kappa shape index (κ3) is 1.71. The Morgan fingerprint density at radius 1 is 1.19 bits per heavy atom. The standard InChI is InChI=1S/C14H20N2/c1-11-5-7-12(8-6-11)16-10-9-15-13-3-2-4-14(13)16/h5-8,13-15H,2-4,9-10H2,1H3/t13-,14+/m1/s1. The normalized spacial score (nSPS) is 29.2. The second-order valence-corrected chi connectivity index (χ2v) is 5.09. The van der Waals surface area contributed by atoms with Crippen LogP contribution in [0.1, 0.15) is 24.8 Å². The molecule has 0 amide bonds. The number of nitrogens with zero attached hydrogens (tertiary/aromatic N) is 1. The lowest BCUT2D eigenvalue weighted by atomic mass is 10.1. The first-order valence-electron chi connectivity index (χ1n) is 6.41. The van der Waals surface area contributed by atoms with Crippen LogP contribution in [0.2, 0.25) is 0 Å². The molecule has 1 aromatic rings. The predicted molar refractivity (Wildman–Crippen MR) is 68.0 cm³/mol. The Morgan fingerprint density at radius 3 is 2.81 bits per heavy atom. The number of hydrogen-bond donors (Lipinski definition) is 1. The number of piperazine rings is 1. The van der Waals surface area contributed by atoms with E-state index in [9.17, 15) is 0 Å².